The van der Waals surface area contributed by atoms with E-state index in [1.807, 2.05) is 0 Å². The van der Waals surface area contributed by atoms with Gasteiger partial charge in [0.1, 0.15) is 0 Å². The van der Waals surface area contributed by atoms with E-state index in [0.717, 1.165) is 7.85 Å². The SMILES string of the molecule is C[CH]C(I)C(I)CC. The molecule has 0 aromatic rings. The maximum atomic E-state index is 2.49. The van der Waals surface area contributed by atoms with Gasteiger partial charge in [-0.2, -0.15) is 0 Å². The van der Waals surface area contributed by atoms with Gasteiger partial charge in [0.05, 0.1) is 0 Å². The van der Waals surface area contributed by atoms with Gasteiger partial charge in [-0.3, -0.25) is 0 Å². The van der Waals surface area contributed by atoms with Crippen molar-refractivity contribution < 1.29 is 0 Å². The van der Waals surface area contributed by atoms with Crippen molar-refractivity contribution in [3.8, 4) is 0 Å². The van der Waals surface area contributed by atoms with Crippen LogP contribution in [0.2, 0.25) is 0 Å². The van der Waals surface area contributed by atoms with Crippen molar-refractivity contribution in [2.24, 2.45) is 0 Å². The zero-order chi connectivity index (χ0) is 6.57. The summed E-state index contributed by atoms with van der Waals surface area (Å²) in [7, 11) is 0. The van der Waals surface area contributed by atoms with Crippen LogP contribution in [0.4, 0.5) is 0 Å². The van der Waals surface area contributed by atoms with Crippen LogP contribution >= 0.6 is 45.2 Å². The summed E-state index contributed by atoms with van der Waals surface area (Å²) < 4.78 is 1.57. The third kappa shape index (κ3) is 3.48. The molecule has 0 saturated heterocycles. The zero-order valence-corrected chi connectivity index (χ0v) is 9.51. The lowest BCUT2D eigenvalue weighted by Crippen LogP contribution is -2.10. The molecule has 49 valence electrons. The number of rotatable bonds is 3. The summed E-state index contributed by atoms with van der Waals surface area (Å²) in [5, 5.41) is 0. The van der Waals surface area contributed by atoms with Crippen LogP contribution in [0.25, 0.3) is 0 Å². The Hall–Kier alpha value is 1.46. The number of hydrogen-bond donors (Lipinski definition) is 0. The summed E-state index contributed by atoms with van der Waals surface area (Å²) in [6, 6.07) is 0. The largest absolute Gasteiger partial charge is 0.0815 e. The molecule has 0 heterocycles. The Morgan fingerprint density at radius 3 is 2.12 bits per heavy atom. The molecule has 1 radical (unpaired) electrons. The van der Waals surface area contributed by atoms with Crippen molar-refractivity contribution in [1.82, 2.24) is 0 Å². The highest BCUT2D eigenvalue weighted by atomic mass is 127. The van der Waals surface area contributed by atoms with Gasteiger partial charge in [0.2, 0.25) is 0 Å². The minimum atomic E-state index is 0.748. The van der Waals surface area contributed by atoms with Gasteiger partial charge in [-0.25, -0.2) is 0 Å². The van der Waals surface area contributed by atoms with Crippen molar-refractivity contribution in [3.63, 3.8) is 0 Å². The van der Waals surface area contributed by atoms with Crippen molar-refractivity contribution in [1.29, 1.82) is 0 Å². The molecule has 0 aromatic carbocycles. The molecule has 0 bridgehead atoms. The van der Waals surface area contributed by atoms with Crippen LogP contribution in [0.5, 0.6) is 0 Å². The van der Waals surface area contributed by atoms with Gasteiger partial charge in [0.15, 0.2) is 0 Å². The highest BCUT2D eigenvalue weighted by molar-refractivity contribution is 14.1. The Kier molecular flexibility index (Phi) is 6.22. The topological polar surface area (TPSA) is 0 Å². The first-order valence-corrected chi connectivity index (χ1v) is 5.29. The van der Waals surface area contributed by atoms with Gasteiger partial charge >= 0.3 is 0 Å². The van der Waals surface area contributed by atoms with E-state index in [2.05, 4.69) is 65.5 Å². The average Bonchev–Trinajstić information content (AvgIpc) is 1.84. The first-order valence-electron chi connectivity index (χ1n) is 2.80. The fourth-order valence-corrected chi connectivity index (χ4v) is 1.36. The van der Waals surface area contributed by atoms with E-state index < -0.39 is 0 Å². The first-order chi connectivity index (χ1) is 3.72. The second-order valence-corrected chi connectivity index (χ2v) is 4.74. The van der Waals surface area contributed by atoms with Crippen LogP contribution < -0.4 is 0 Å². The molecule has 2 heteroatoms. The smallest absolute Gasteiger partial charge is 0.0256 e. The molecule has 0 nitrogen and oxygen atoms in total. The zero-order valence-electron chi connectivity index (χ0n) is 5.20. The summed E-state index contributed by atoms with van der Waals surface area (Å²) in [5.74, 6) is 0. The minimum absolute atomic E-state index is 0.748. The predicted octanol–water partition coefficient (Wildman–Crippen LogP) is 3.23. The maximum absolute atomic E-state index is 2.49. The summed E-state index contributed by atoms with van der Waals surface area (Å²) in [4.78, 5) is 0. The van der Waals surface area contributed by atoms with E-state index in [1.165, 1.54) is 6.42 Å². The monoisotopic (exact) mass is 337 g/mol. The van der Waals surface area contributed by atoms with Crippen molar-refractivity contribution in [3.05, 3.63) is 6.42 Å². The third-order valence-corrected chi connectivity index (χ3v) is 5.67. The summed E-state index contributed by atoms with van der Waals surface area (Å²) in [5.41, 5.74) is 0. The normalized spacial score (nSPS) is 18.0. The molecule has 0 aliphatic heterocycles. The molecule has 0 N–H and O–H groups in total. The van der Waals surface area contributed by atoms with Crippen LogP contribution in [0.3, 0.4) is 0 Å². The molecule has 8 heavy (non-hydrogen) atoms. The lowest BCUT2D eigenvalue weighted by Gasteiger charge is -2.10. The molecule has 0 aliphatic rings. The van der Waals surface area contributed by atoms with E-state index in [4.69, 9.17) is 0 Å². The van der Waals surface area contributed by atoms with E-state index in [9.17, 15) is 0 Å². The molecule has 0 saturated carbocycles. The highest BCUT2D eigenvalue weighted by Crippen LogP contribution is 2.19. The molecule has 0 aliphatic carbocycles. The Balaban J connectivity index is 3.29. The fraction of sp³-hybridized carbons (Fsp3) is 0.833. The molecule has 0 aromatic heterocycles. The Bertz CT molecular complexity index is 46.5. The van der Waals surface area contributed by atoms with Gasteiger partial charge in [-0.15, -0.1) is 0 Å². The molecular weight excluding hydrogens is 326 g/mol. The molecule has 0 fully saturated rings. The minimum Gasteiger partial charge on any atom is -0.0815 e. The third-order valence-electron chi connectivity index (χ3n) is 1.05. The summed E-state index contributed by atoms with van der Waals surface area (Å²) >= 11 is 4.96. The maximum Gasteiger partial charge on any atom is 0.0256 e. The van der Waals surface area contributed by atoms with Crippen LogP contribution in [0.1, 0.15) is 20.3 Å². The average molecular weight is 337 g/mol. The van der Waals surface area contributed by atoms with Crippen molar-refractivity contribution >= 4 is 45.2 Å². The number of halogens is 2. The van der Waals surface area contributed by atoms with Crippen LogP contribution in [0, 0.1) is 6.42 Å². The summed E-state index contributed by atoms with van der Waals surface area (Å²) in [6.45, 7) is 4.35. The molecular formula is C6H11I2. The van der Waals surface area contributed by atoms with E-state index >= 15 is 0 Å². The molecule has 2 atom stereocenters. The van der Waals surface area contributed by atoms with Gasteiger partial charge in [-0.05, 0) is 12.8 Å². The highest BCUT2D eigenvalue weighted by Gasteiger charge is 2.09. The standard InChI is InChI=1S/C6H11I2/c1-3-5(7)6(8)4-2/h3,5-6H,4H2,1-2H3. The van der Waals surface area contributed by atoms with Crippen LogP contribution in [-0.2, 0) is 0 Å². The predicted molar refractivity (Wildman–Crippen MR) is 55.9 cm³/mol. The summed E-state index contributed by atoms with van der Waals surface area (Å²) in [6.07, 6.45) is 3.53. The Morgan fingerprint density at radius 1 is 1.50 bits per heavy atom. The van der Waals surface area contributed by atoms with E-state index in [-0.39, 0.29) is 0 Å². The first kappa shape index (κ1) is 9.46. The van der Waals surface area contributed by atoms with Gasteiger partial charge in [-0.1, -0.05) is 59.0 Å². The van der Waals surface area contributed by atoms with Gasteiger partial charge < -0.3 is 0 Å². The molecule has 0 spiro atoms. The van der Waals surface area contributed by atoms with Gasteiger partial charge in [0.25, 0.3) is 0 Å². The second kappa shape index (κ2) is 5.26. The number of alkyl halides is 2. The van der Waals surface area contributed by atoms with E-state index in [1.54, 1.807) is 0 Å². The quantitative estimate of drug-likeness (QED) is 0.548. The molecule has 0 amide bonds. The van der Waals surface area contributed by atoms with Crippen LogP contribution in [-0.4, -0.2) is 7.85 Å². The lowest BCUT2D eigenvalue weighted by molar-refractivity contribution is 0.866. The van der Waals surface area contributed by atoms with Gasteiger partial charge in [0, 0.05) is 7.85 Å². The second-order valence-electron chi connectivity index (χ2n) is 1.70. The number of hydrogen-bond acceptors (Lipinski definition) is 0. The Labute approximate surface area is 79.1 Å². The molecule has 2 unspecified atom stereocenters. The lowest BCUT2D eigenvalue weighted by atomic mass is 10.2. The molecule has 0 rings (SSSR count). The van der Waals surface area contributed by atoms with Crippen molar-refractivity contribution in [2.45, 2.75) is 28.1 Å². The Morgan fingerprint density at radius 2 is 2.00 bits per heavy atom. The van der Waals surface area contributed by atoms with Crippen molar-refractivity contribution in [2.75, 3.05) is 0 Å². The fourth-order valence-electron chi connectivity index (χ4n) is 0.434. The van der Waals surface area contributed by atoms with E-state index in [0.29, 0.717) is 0 Å². The van der Waals surface area contributed by atoms with Crippen LogP contribution in [0.15, 0.2) is 0 Å².